The normalized spacial score (nSPS) is 17.2. The first kappa shape index (κ1) is 16.8. The van der Waals surface area contributed by atoms with Crippen LogP contribution in [0.5, 0.6) is 11.5 Å². The summed E-state index contributed by atoms with van der Waals surface area (Å²) < 4.78 is 11.6. The molecular weight excluding hydrogens is 298 g/mol. The van der Waals surface area contributed by atoms with E-state index in [-0.39, 0.29) is 6.10 Å². The zero-order valence-electron chi connectivity index (χ0n) is 13.3. The van der Waals surface area contributed by atoms with Gasteiger partial charge in [0.15, 0.2) is 23.6 Å². The number of hydrogen-bond donors (Lipinski definition) is 2. The number of para-hydroxylation sites is 2. The number of fused-ring (bicyclic) bond motifs is 1. The van der Waals surface area contributed by atoms with Crippen molar-refractivity contribution in [3.8, 4) is 11.5 Å². The zero-order valence-corrected chi connectivity index (χ0v) is 14.1. The van der Waals surface area contributed by atoms with Crippen molar-refractivity contribution in [2.24, 2.45) is 4.99 Å². The average Bonchev–Trinajstić information content (AvgIpc) is 2.56. The number of thioether (sulfide) groups is 1. The maximum Gasteiger partial charge on any atom is 0.191 e. The van der Waals surface area contributed by atoms with Crippen LogP contribution in [0.3, 0.4) is 0 Å². The Balaban J connectivity index is 1.83. The van der Waals surface area contributed by atoms with E-state index in [1.165, 1.54) is 0 Å². The molecule has 0 radical (unpaired) electrons. The Bertz CT molecular complexity index is 482. The molecule has 2 rings (SSSR count). The highest BCUT2D eigenvalue weighted by Crippen LogP contribution is 2.30. The van der Waals surface area contributed by atoms with E-state index in [1.807, 2.05) is 36.0 Å². The molecule has 0 saturated heterocycles. The molecule has 1 aliphatic rings. The Kier molecular flexibility index (Phi) is 7.22. The third-order valence-corrected chi connectivity index (χ3v) is 3.88. The molecule has 0 bridgehead atoms. The lowest BCUT2D eigenvalue weighted by Gasteiger charge is -2.25. The predicted octanol–water partition coefficient (Wildman–Crippen LogP) is 2.13. The Morgan fingerprint density at radius 1 is 1.32 bits per heavy atom. The number of nitrogens with one attached hydrogen (secondary N) is 2. The molecule has 1 aliphatic heterocycles. The first-order chi connectivity index (χ1) is 10.8. The number of hydrogen-bond acceptors (Lipinski definition) is 4. The predicted molar refractivity (Wildman–Crippen MR) is 93.3 cm³/mol. The second-order valence-corrected chi connectivity index (χ2v) is 5.98. The van der Waals surface area contributed by atoms with Crippen LogP contribution in [0, 0.1) is 0 Å². The first-order valence-corrected chi connectivity index (χ1v) is 9.12. The van der Waals surface area contributed by atoms with Crippen molar-refractivity contribution >= 4 is 17.7 Å². The van der Waals surface area contributed by atoms with Gasteiger partial charge in [-0.2, -0.15) is 11.8 Å². The number of benzene rings is 1. The molecule has 5 nitrogen and oxygen atoms in total. The van der Waals surface area contributed by atoms with Crippen molar-refractivity contribution in [3.63, 3.8) is 0 Å². The lowest BCUT2D eigenvalue weighted by molar-refractivity contribution is 0.0971. The van der Waals surface area contributed by atoms with E-state index in [0.717, 1.165) is 42.7 Å². The highest BCUT2D eigenvalue weighted by atomic mass is 32.2. The zero-order chi connectivity index (χ0) is 15.6. The molecule has 0 fully saturated rings. The molecule has 1 unspecified atom stereocenters. The Morgan fingerprint density at radius 3 is 2.91 bits per heavy atom. The van der Waals surface area contributed by atoms with Crippen LogP contribution in [0.15, 0.2) is 29.3 Å². The van der Waals surface area contributed by atoms with E-state index in [9.17, 15) is 0 Å². The Hall–Kier alpha value is -1.56. The van der Waals surface area contributed by atoms with Crippen LogP contribution in [0.4, 0.5) is 0 Å². The molecule has 22 heavy (non-hydrogen) atoms. The van der Waals surface area contributed by atoms with Gasteiger partial charge in [0.25, 0.3) is 0 Å². The van der Waals surface area contributed by atoms with E-state index < -0.39 is 0 Å². The van der Waals surface area contributed by atoms with E-state index in [2.05, 4.69) is 28.8 Å². The first-order valence-electron chi connectivity index (χ1n) is 7.73. The van der Waals surface area contributed by atoms with Gasteiger partial charge < -0.3 is 20.1 Å². The van der Waals surface area contributed by atoms with Gasteiger partial charge in [-0.05, 0) is 37.5 Å². The molecule has 6 heteroatoms. The monoisotopic (exact) mass is 323 g/mol. The number of nitrogens with zero attached hydrogens (tertiary/aromatic N) is 1. The summed E-state index contributed by atoms with van der Waals surface area (Å²) in [5.41, 5.74) is 0. The summed E-state index contributed by atoms with van der Waals surface area (Å²) in [4.78, 5) is 4.59. The van der Waals surface area contributed by atoms with Crippen LogP contribution < -0.4 is 20.1 Å². The van der Waals surface area contributed by atoms with Crippen molar-refractivity contribution in [3.05, 3.63) is 24.3 Å². The van der Waals surface area contributed by atoms with Crippen molar-refractivity contribution in [1.29, 1.82) is 0 Å². The van der Waals surface area contributed by atoms with Crippen LogP contribution in [0.2, 0.25) is 0 Å². The van der Waals surface area contributed by atoms with Gasteiger partial charge in [-0.15, -0.1) is 0 Å². The summed E-state index contributed by atoms with van der Waals surface area (Å²) in [5, 5.41) is 6.60. The summed E-state index contributed by atoms with van der Waals surface area (Å²) in [7, 11) is 0. The summed E-state index contributed by atoms with van der Waals surface area (Å²) in [6.45, 7) is 4.95. The summed E-state index contributed by atoms with van der Waals surface area (Å²) >= 11 is 1.86. The van der Waals surface area contributed by atoms with Gasteiger partial charge in [-0.1, -0.05) is 12.1 Å². The van der Waals surface area contributed by atoms with E-state index in [0.29, 0.717) is 13.2 Å². The van der Waals surface area contributed by atoms with Gasteiger partial charge >= 0.3 is 0 Å². The standard InChI is InChI=1S/C16H25N3O2S/c1-3-17-16(18-9-6-10-22-2)19-11-13-12-20-14-7-4-5-8-15(14)21-13/h4-5,7-8,13H,3,6,9-12H2,1-2H3,(H2,17,18,19). The summed E-state index contributed by atoms with van der Waals surface area (Å²) in [6.07, 6.45) is 3.20. The molecule has 1 atom stereocenters. The number of rotatable bonds is 7. The van der Waals surface area contributed by atoms with Gasteiger partial charge in [0.05, 0.1) is 6.54 Å². The molecule has 1 aromatic carbocycles. The molecular formula is C16H25N3O2S. The van der Waals surface area contributed by atoms with Crippen molar-refractivity contribution < 1.29 is 9.47 Å². The topological polar surface area (TPSA) is 54.9 Å². The molecule has 0 amide bonds. The number of aliphatic imine (C=N–C) groups is 1. The fourth-order valence-corrected chi connectivity index (χ4v) is 2.54. The molecule has 1 aromatic rings. The molecule has 0 aromatic heterocycles. The van der Waals surface area contributed by atoms with Crippen molar-refractivity contribution in [2.45, 2.75) is 19.4 Å². The molecule has 2 N–H and O–H groups in total. The quantitative estimate of drug-likeness (QED) is 0.457. The van der Waals surface area contributed by atoms with Gasteiger partial charge in [-0.25, -0.2) is 4.99 Å². The fourth-order valence-electron chi connectivity index (χ4n) is 2.11. The molecule has 1 heterocycles. The van der Waals surface area contributed by atoms with E-state index in [4.69, 9.17) is 9.47 Å². The van der Waals surface area contributed by atoms with Crippen LogP contribution in [0.1, 0.15) is 13.3 Å². The average molecular weight is 323 g/mol. The molecule has 0 spiro atoms. The Labute approximate surface area is 136 Å². The third kappa shape index (κ3) is 5.33. The Morgan fingerprint density at radius 2 is 2.14 bits per heavy atom. The maximum absolute atomic E-state index is 5.91. The summed E-state index contributed by atoms with van der Waals surface area (Å²) in [6, 6.07) is 7.75. The third-order valence-electron chi connectivity index (χ3n) is 3.18. The van der Waals surface area contributed by atoms with E-state index in [1.54, 1.807) is 0 Å². The number of guanidine groups is 1. The van der Waals surface area contributed by atoms with Crippen molar-refractivity contribution in [1.82, 2.24) is 10.6 Å². The molecule has 122 valence electrons. The second-order valence-electron chi connectivity index (χ2n) is 4.99. The minimum Gasteiger partial charge on any atom is -0.486 e. The van der Waals surface area contributed by atoms with Gasteiger partial charge in [0, 0.05) is 13.1 Å². The molecule has 0 saturated carbocycles. The second kappa shape index (κ2) is 9.46. The molecule has 0 aliphatic carbocycles. The lowest BCUT2D eigenvalue weighted by Crippen LogP contribution is -2.40. The van der Waals surface area contributed by atoms with Gasteiger partial charge in [0.2, 0.25) is 0 Å². The fraction of sp³-hybridized carbons (Fsp3) is 0.562. The summed E-state index contributed by atoms with van der Waals surface area (Å²) in [5.74, 6) is 3.60. The van der Waals surface area contributed by atoms with Gasteiger partial charge in [-0.3, -0.25) is 0 Å². The smallest absolute Gasteiger partial charge is 0.191 e. The number of ether oxygens (including phenoxy) is 2. The SMILES string of the molecule is CCNC(=NCC1COc2ccccc2O1)NCCCSC. The van der Waals surface area contributed by atoms with Gasteiger partial charge in [0.1, 0.15) is 6.61 Å². The highest BCUT2D eigenvalue weighted by molar-refractivity contribution is 7.98. The minimum atomic E-state index is -0.0449. The lowest BCUT2D eigenvalue weighted by atomic mass is 10.2. The van der Waals surface area contributed by atoms with Crippen LogP contribution in [-0.4, -0.2) is 50.3 Å². The largest absolute Gasteiger partial charge is 0.486 e. The van der Waals surface area contributed by atoms with E-state index >= 15 is 0 Å². The van der Waals surface area contributed by atoms with Crippen LogP contribution >= 0.6 is 11.8 Å². The van der Waals surface area contributed by atoms with Crippen molar-refractivity contribution in [2.75, 3.05) is 38.2 Å². The highest BCUT2D eigenvalue weighted by Gasteiger charge is 2.20. The van der Waals surface area contributed by atoms with Crippen LogP contribution in [0.25, 0.3) is 0 Å². The minimum absolute atomic E-state index is 0.0449. The maximum atomic E-state index is 5.91. The van der Waals surface area contributed by atoms with Crippen LogP contribution in [-0.2, 0) is 0 Å².